The van der Waals surface area contributed by atoms with Gasteiger partial charge in [0.2, 0.25) is 0 Å². The summed E-state index contributed by atoms with van der Waals surface area (Å²) in [5.74, 6) is -1.43. The molecule has 1 aromatic carbocycles. The summed E-state index contributed by atoms with van der Waals surface area (Å²) in [7, 11) is -4.21. The van der Waals surface area contributed by atoms with E-state index in [1.54, 1.807) is 51.1 Å². The zero-order valence-corrected chi connectivity index (χ0v) is 17.5. The highest BCUT2D eigenvalue weighted by atomic mass is 32.2. The first-order valence-electron chi connectivity index (χ1n) is 8.61. The molecule has 0 aliphatic rings. The van der Waals surface area contributed by atoms with Crippen molar-refractivity contribution in [1.29, 1.82) is 0 Å². The lowest BCUT2D eigenvalue weighted by molar-refractivity contribution is -0.139. The largest absolute Gasteiger partial charge is 0.480 e. The van der Waals surface area contributed by atoms with Crippen LogP contribution in [0.3, 0.4) is 0 Å². The summed E-state index contributed by atoms with van der Waals surface area (Å²) in [6.07, 6.45) is -0.938. The molecular formula is C19H29NO6S. The molecule has 152 valence electrons. The maximum atomic E-state index is 13.2. The SMILES string of the molecule is CC(C)(C)OC(=O)NCC(C)(C)S(=O)(=O)C(C)(Cc1ccccc1)C(=O)O. The van der Waals surface area contributed by atoms with E-state index in [1.165, 1.54) is 20.8 Å². The zero-order valence-electron chi connectivity index (χ0n) is 16.7. The van der Waals surface area contributed by atoms with Crippen LogP contribution in [0.1, 0.15) is 47.1 Å². The minimum absolute atomic E-state index is 0.179. The van der Waals surface area contributed by atoms with Gasteiger partial charge in [0.05, 0.1) is 4.75 Å². The number of carbonyl (C=O) groups excluding carboxylic acids is 1. The van der Waals surface area contributed by atoms with E-state index in [0.717, 1.165) is 0 Å². The zero-order chi connectivity index (χ0) is 21.1. The molecule has 8 heteroatoms. The normalized spacial score (nSPS) is 14.9. The maximum Gasteiger partial charge on any atom is 0.407 e. The van der Waals surface area contributed by atoms with Gasteiger partial charge in [0.25, 0.3) is 0 Å². The van der Waals surface area contributed by atoms with Gasteiger partial charge >= 0.3 is 12.1 Å². The first kappa shape index (κ1) is 23.0. The molecule has 0 fully saturated rings. The van der Waals surface area contributed by atoms with Crippen molar-refractivity contribution in [1.82, 2.24) is 5.32 Å². The Morgan fingerprint density at radius 2 is 1.56 bits per heavy atom. The smallest absolute Gasteiger partial charge is 0.407 e. The molecule has 0 aliphatic carbocycles. The standard InChI is InChI=1S/C19H29NO6S/c1-17(2,3)26-16(23)20-13-18(4,5)27(24,25)19(6,15(21)22)12-14-10-8-7-9-11-14/h7-11H,12-13H2,1-6H3,(H,20,23)(H,21,22). The number of hydrogen-bond acceptors (Lipinski definition) is 5. The van der Waals surface area contributed by atoms with Crippen molar-refractivity contribution >= 4 is 21.9 Å². The molecule has 1 unspecified atom stereocenters. The Labute approximate surface area is 161 Å². The molecule has 0 heterocycles. The van der Waals surface area contributed by atoms with Gasteiger partial charge in [-0.25, -0.2) is 13.2 Å². The number of amides is 1. The topological polar surface area (TPSA) is 110 Å². The number of rotatable bonds is 7. The molecule has 2 N–H and O–H groups in total. The second-order valence-corrected chi connectivity index (χ2v) is 11.3. The van der Waals surface area contributed by atoms with Crippen molar-refractivity contribution in [3.8, 4) is 0 Å². The number of ether oxygens (including phenoxy) is 1. The van der Waals surface area contributed by atoms with E-state index in [0.29, 0.717) is 5.56 Å². The number of benzene rings is 1. The lowest BCUT2D eigenvalue weighted by Crippen LogP contribution is -2.57. The third-order valence-electron chi connectivity index (χ3n) is 4.21. The second kappa shape index (κ2) is 7.88. The van der Waals surface area contributed by atoms with Crippen molar-refractivity contribution in [3.05, 3.63) is 35.9 Å². The first-order valence-corrected chi connectivity index (χ1v) is 10.1. The Balaban J connectivity index is 3.10. The van der Waals surface area contributed by atoms with Gasteiger partial charge in [-0.05, 0) is 47.1 Å². The van der Waals surface area contributed by atoms with Crippen LogP contribution in [0.2, 0.25) is 0 Å². The van der Waals surface area contributed by atoms with Crippen LogP contribution in [0.5, 0.6) is 0 Å². The number of aliphatic carboxylic acids is 1. The number of alkyl carbamates (subject to hydrolysis) is 1. The fraction of sp³-hybridized carbons (Fsp3) is 0.579. The van der Waals surface area contributed by atoms with E-state index < -0.39 is 37.0 Å². The lowest BCUT2D eigenvalue weighted by Gasteiger charge is -2.35. The summed E-state index contributed by atoms with van der Waals surface area (Å²) in [6.45, 7) is 8.79. The van der Waals surface area contributed by atoms with Crippen molar-refractivity contribution in [3.63, 3.8) is 0 Å². The van der Waals surface area contributed by atoms with Crippen LogP contribution in [0, 0.1) is 0 Å². The summed E-state index contributed by atoms with van der Waals surface area (Å²) < 4.78 is 28.0. The fourth-order valence-electron chi connectivity index (χ4n) is 2.57. The number of hydrogen-bond donors (Lipinski definition) is 2. The van der Waals surface area contributed by atoms with Gasteiger partial charge < -0.3 is 15.2 Å². The molecule has 0 aromatic heterocycles. The Kier molecular flexibility index (Phi) is 6.70. The van der Waals surface area contributed by atoms with Crippen molar-refractivity contribution in [2.75, 3.05) is 6.54 Å². The molecule has 0 bridgehead atoms. The van der Waals surface area contributed by atoms with E-state index in [4.69, 9.17) is 4.74 Å². The van der Waals surface area contributed by atoms with Crippen molar-refractivity contribution in [2.24, 2.45) is 0 Å². The van der Waals surface area contributed by atoms with Crippen LogP contribution in [-0.4, -0.2) is 47.2 Å². The van der Waals surface area contributed by atoms with E-state index in [-0.39, 0.29) is 13.0 Å². The highest BCUT2D eigenvalue weighted by molar-refractivity contribution is 7.94. The van der Waals surface area contributed by atoms with Gasteiger partial charge in [0.15, 0.2) is 14.6 Å². The summed E-state index contributed by atoms with van der Waals surface area (Å²) in [4.78, 5) is 23.8. The molecule has 27 heavy (non-hydrogen) atoms. The van der Waals surface area contributed by atoms with E-state index in [2.05, 4.69) is 5.32 Å². The lowest BCUT2D eigenvalue weighted by atomic mass is 10.0. The third kappa shape index (κ3) is 5.45. The van der Waals surface area contributed by atoms with E-state index in [1.807, 2.05) is 0 Å². The predicted octanol–water partition coefficient (Wildman–Crippen LogP) is 2.79. The Morgan fingerprint density at radius 3 is 2.00 bits per heavy atom. The average Bonchev–Trinajstić information content (AvgIpc) is 2.51. The van der Waals surface area contributed by atoms with Crippen LogP contribution < -0.4 is 5.32 Å². The summed E-state index contributed by atoms with van der Waals surface area (Å²) in [5, 5.41) is 12.2. The quantitative estimate of drug-likeness (QED) is 0.729. The van der Waals surface area contributed by atoms with Crippen molar-refractivity contribution in [2.45, 2.75) is 63.1 Å². The Morgan fingerprint density at radius 1 is 1.04 bits per heavy atom. The van der Waals surface area contributed by atoms with Crippen LogP contribution in [0.4, 0.5) is 4.79 Å². The third-order valence-corrected chi connectivity index (χ3v) is 7.32. The molecule has 0 saturated heterocycles. The monoisotopic (exact) mass is 399 g/mol. The van der Waals surface area contributed by atoms with Crippen LogP contribution in [-0.2, 0) is 25.8 Å². The molecule has 1 amide bonds. The van der Waals surface area contributed by atoms with Crippen molar-refractivity contribution < 1.29 is 27.9 Å². The van der Waals surface area contributed by atoms with Gasteiger partial charge in [0, 0.05) is 13.0 Å². The molecule has 0 spiro atoms. The number of carboxylic acid groups (broad SMARTS) is 1. The average molecular weight is 400 g/mol. The van der Waals surface area contributed by atoms with E-state index in [9.17, 15) is 23.1 Å². The van der Waals surface area contributed by atoms with Gasteiger partial charge in [0.1, 0.15) is 5.60 Å². The van der Waals surface area contributed by atoms with Crippen LogP contribution >= 0.6 is 0 Å². The molecular weight excluding hydrogens is 370 g/mol. The highest BCUT2D eigenvalue weighted by Crippen LogP contribution is 2.33. The number of sulfone groups is 1. The minimum Gasteiger partial charge on any atom is -0.480 e. The molecule has 1 rings (SSSR count). The Hall–Kier alpha value is -2.09. The van der Waals surface area contributed by atoms with Gasteiger partial charge in [-0.1, -0.05) is 30.3 Å². The maximum absolute atomic E-state index is 13.2. The number of nitrogens with one attached hydrogen (secondary N) is 1. The van der Waals surface area contributed by atoms with Gasteiger partial charge in [-0.15, -0.1) is 0 Å². The van der Waals surface area contributed by atoms with E-state index >= 15 is 0 Å². The number of carboxylic acids is 1. The molecule has 7 nitrogen and oxygen atoms in total. The summed E-state index contributed by atoms with van der Waals surface area (Å²) >= 11 is 0. The van der Waals surface area contributed by atoms with Gasteiger partial charge in [-0.3, -0.25) is 4.79 Å². The first-order chi connectivity index (χ1) is 12.1. The number of carbonyl (C=O) groups is 2. The fourth-order valence-corrected chi connectivity index (χ4v) is 4.64. The molecule has 0 radical (unpaired) electrons. The second-order valence-electron chi connectivity index (χ2n) is 8.32. The highest BCUT2D eigenvalue weighted by Gasteiger charge is 2.54. The molecule has 0 aliphatic heterocycles. The van der Waals surface area contributed by atoms with Gasteiger partial charge in [-0.2, -0.15) is 0 Å². The predicted molar refractivity (Wildman–Crippen MR) is 103 cm³/mol. The molecule has 1 atom stereocenters. The minimum atomic E-state index is -4.21. The van der Waals surface area contributed by atoms with Crippen LogP contribution in [0.25, 0.3) is 0 Å². The Bertz CT molecular complexity index is 780. The summed E-state index contributed by atoms with van der Waals surface area (Å²) in [6, 6.07) is 8.58. The molecule has 1 aromatic rings. The van der Waals surface area contributed by atoms with Crippen LogP contribution in [0.15, 0.2) is 30.3 Å². The summed E-state index contributed by atoms with van der Waals surface area (Å²) in [5.41, 5.74) is -0.127. The molecule has 0 saturated carbocycles.